The number of carbonyl (C=O) groups excluding carboxylic acids is 1. The van der Waals surface area contributed by atoms with Crippen LogP contribution in [0.5, 0.6) is 0 Å². The molecule has 0 saturated carbocycles. The molecule has 1 N–H and O–H groups in total. The highest BCUT2D eigenvalue weighted by Crippen LogP contribution is 2.11. The van der Waals surface area contributed by atoms with Crippen molar-refractivity contribution in [3.63, 3.8) is 0 Å². The van der Waals surface area contributed by atoms with Crippen LogP contribution in [0.1, 0.15) is 36.0 Å². The predicted molar refractivity (Wildman–Crippen MR) is 89.3 cm³/mol. The van der Waals surface area contributed by atoms with Crippen molar-refractivity contribution in [2.24, 2.45) is 0 Å². The second-order valence-electron chi connectivity index (χ2n) is 4.67. The zero-order chi connectivity index (χ0) is 13.7. The van der Waals surface area contributed by atoms with E-state index in [4.69, 9.17) is 12.2 Å². The van der Waals surface area contributed by atoms with Gasteiger partial charge in [-0.05, 0) is 65.8 Å². The molecule has 1 fully saturated rings. The van der Waals surface area contributed by atoms with Crippen LogP contribution in [0, 0.1) is 3.57 Å². The van der Waals surface area contributed by atoms with E-state index in [-0.39, 0.29) is 5.91 Å². The molecule has 0 spiro atoms. The highest BCUT2D eigenvalue weighted by molar-refractivity contribution is 14.1. The molecule has 19 heavy (non-hydrogen) atoms. The average Bonchev–Trinajstić information content (AvgIpc) is 2.67. The quantitative estimate of drug-likeness (QED) is 0.593. The van der Waals surface area contributed by atoms with Crippen LogP contribution >= 0.6 is 34.8 Å². The van der Waals surface area contributed by atoms with Gasteiger partial charge in [0.05, 0.1) is 0 Å². The number of thiocarbonyl (C=S) groups is 1. The number of hydrogen-bond acceptors (Lipinski definition) is 2. The number of halogens is 1. The number of amides is 1. The van der Waals surface area contributed by atoms with E-state index in [0.717, 1.165) is 29.5 Å². The Hall–Kier alpha value is -0.690. The summed E-state index contributed by atoms with van der Waals surface area (Å²) in [4.78, 5) is 14.2. The summed E-state index contributed by atoms with van der Waals surface area (Å²) in [6.45, 7) is 1.90. The van der Waals surface area contributed by atoms with Crippen LogP contribution in [-0.2, 0) is 0 Å². The van der Waals surface area contributed by atoms with Gasteiger partial charge >= 0.3 is 0 Å². The zero-order valence-electron chi connectivity index (χ0n) is 10.7. The molecule has 1 aliphatic rings. The van der Waals surface area contributed by atoms with Gasteiger partial charge in [0.2, 0.25) is 0 Å². The molecule has 1 aromatic carbocycles. The van der Waals surface area contributed by atoms with Gasteiger partial charge in [0.25, 0.3) is 5.91 Å². The molecular formula is C14H17IN2OS. The molecule has 0 aromatic heterocycles. The molecule has 0 bridgehead atoms. The van der Waals surface area contributed by atoms with Crippen LogP contribution in [0.25, 0.3) is 0 Å². The number of hydrogen-bond donors (Lipinski definition) is 1. The van der Waals surface area contributed by atoms with Gasteiger partial charge in [-0.25, -0.2) is 0 Å². The summed E-state index contributed by atoms with van der Waals surface area (Å²) in [5.41, 5.74) is 0.657. The lowest BCUT2D eigenvalue weighted by atomic mass is 10.2. The lowest BCUT2D eigenvalue weighted by Crippen LogP contribution is -2.43. The summed E-state index contributed by atoms with van der Waals surface area (Å²) < 4.78 is 1.05. The minimum Gasteiger partial charge on any atom is -0.349 e. The van der Waals surface area contributed by atoms with Crippen molar-refractivity contribution in [2.75, 3.05) is 13.1 Å². The van der Waals surface area contributed by atoms with Gasteiger partial charge in [-0.2, -0.15) is 0 Å². The average molecular weight is 388 g/mol. The Morgan fingerprint density at radius 1 is 1.21 bits per heavy atom. The van der Waals surface area contributed by atoms with Crippen LogP contribution in [0.15, 0.2) is 24.3 Å². The van der Waals surface area contributed by atoms with Crippen LogP contribution in [-0.4, -0.2) is 29.0 Å². The van der Waals surface area contributed by atoms with Gasteiger partial charge in [0.15, 0.2) is 5.11 Å². The van der Waals surface area contributed by atoms with Gasteiger partial charge in [0, 0.05) is 22.2 Å². The first kappa shape index (κ1) is 14.7. The molecule has 1 aromatic rings. The minimum absolute atomic E-state index is 0.118. The van der Waals surface area contributed by atoms with Gasteiger partial charge in [-0.15, -0.1) is 0 Å². The Bertz CT molecular complexity index is 470. The molecule has 3 nitrogen and oxygen atoms in total. The van der Waals surface area contributed by atoms with E-state index in [1.165, 1.54) is 12.8 Å². The molecule has 2 rings (SSSR count). The predicted octanol–water partition coefficient (Wildman–Crippen LogP) is 3.18. The Kier molecular flexibility index (Phi) is 5.57. The standard InChI is InChI=1S/C14H17IN2OS/c15-12-7-5-6-11(10-12)13(18)16-14(19)17-8-3-1-2-4-9-17/h5-7,10H,1-4,8-9H2,(H,16,18,19). The van der Waals surface area contributed by atoms with Crippen molar-refractivity contribution in [2.45, 2.75) is 25.7 Å². The molecule has 0 radical (unpaired) electrons. The first-order valence-corrected chi connectivity index (χ1v) is 8.01. The van der Waals surface area contributed by atoms with E-state index in [1.807, 2.05) is 24.3 Å². The van der Waals surface area contributed by atoms with Gasteiger partial charge in [0.1, 0.15) is 0 Å². The van der Waals surface area contributed by atoms with Crippen LogP contribution in [0.3, 0.4) is 0 Å². The molecule has 102 valence electrons. The fourth-order valence-corrected chi connectivity index (χ4v) is 2.97. The second kappa shape index (κ2) is 7.19. The van der Waals surface area contributed by atoms with E-state index in [0.29, 0.717) is 10.7 Å². The van der Waals surface area contributed by atoms with E-state index >= 15 is 0 Å². The third kappa shape index (κ3) is 4.42. The molecule has 5 heteroatoms. The zero-order valence-corrected chi connectivity index (χ0v) is 13.7. The summed E-state index contributed by atoms with van der Waals surface area (Å²) in [5.74, 6) is -0.118. The van der Waals surface area contributed by atoms with Crippen molar-refractivity contribution >= 4 is 45.8 Å². The molecule has 0 aliphatic carbocycles. The van der Waals surface area contributed by atoms with E-state index < -0.39 is 0 Å². The lowest BCUT2D eigenvalue weighted by Gasteiger charge is -2.23. The second-order valence-corrected chi connectivity index (χ2v) is 6.30. The molecule has 0 atom stereocenters. The molecule has 1 heterocycles. The summed E-state index contributed by atoms with van der Waals surface area (Å²) in [7, 11) is 0. The normalized spacial score (nSPS) is 15.7. The lowest BCUT2D eigenvalue weighted by molar-refractivity contribution is 0.0973. The number of nitrogens with zero attached hydrogens (tertiary/aromatic N) is 1. The van der Waals surface area contributed by atoms with Crippen molar-refractivity contribution in [1.82, 2.24) is 10.2 Å². The Balaban J connectivity index is 1.96. The van der Waals surface area contributed by atoms with Crippen LogP contribution in [0.2, 0.25) is 0 Å². The highest BCUT2D eigenvalue weighted by atomic mass is 127. The molecule has 1 amide bonds. The molecule has 0 unspecified atom stereocenters. The third-order valence-corrected chi connectivity index (χ3v) is 4.23. The fourth-order valence-electron chi connectivity index (χ4n) is 2.15. The first-order valence-electron chi connectivity index (χ1n) is 6.52. The summed E-state index contributed by atoms with van der Waals surface area (Å²) in [6.07, 6.45) is 4.81. The SMILES string of the molecule is O=C(NC(=S)N1CCCCCC1)c1cccc(I)c1. The Morgan fingerprint density at radius 2 is 1.89 bits per heavy atom. The maximum Gasteiger partial charge on any atom is 0.257 e. The smallest absolute Gasteiger partial charge is 0.257 e. The van der Waals surface area contributed by atoms with Crippen molar-refractivity contribution in [1.29, 1.82) is 0 Å². The third-order valence-electron chi connectivity index (χ3n) is 3.20. The van der Waals surface area contributed by atoms with Gasteiger partial charge < -0.3 is 4.90 Å². The van der Waals surface area contributed by atoms with E-state index in [1.54, 1.807) is 0 Å². The summed E-state index contributed by atoms with van der Waals surface area (Å²) in [5, 5.41) is 3.40. The number of likely N-dealkylation sites (tertiary alicyclic amines) is 1. The molecule has 1 saturated heterocycles. The molecule has 1 aliphatic heterocycles. The highest BCUT2D eigenvalue weighted by Gasteiger charge is 2.15. The first-order chi connectivity index (χ1) is 9.16. The monoisotopic (exact) mass is 388 g/mol. The Morgan fingerprint density at radius 3 is 2.53 bits per heavy atom. The maximum absolute atomic E-state index is 12.1. The van der Waals surface area contributed by atoms with E-state index in [9.17, 15) is 4.79 Å². The van der Waals surface area contributed by atoms with Crippen molar-refractivity contribution in [3.05, 3.63) is 33.4 Å². The summed E-state index contributed by atoms with van der Waals surface area (Å²) >= 11 is 7.53. The number of carbonyl (C=O) groups is 1. The number of rotatable bonds is 1. The van der Waals surface area contributed by atoms with E-state index in [2.05, 4.69) is 32.8 Å². The van der Waals surface area contributed by atoms with Gasteiger partial charge in [-0.1, -0.05) is 18.9 Å². The summed E-state index contributed by atoms with van der Waals surface area (Å²) in [6, 6.07) is 7.51. The largest absolute Gasteiger partial charge is 0.349 e. The topological polar surface area (TPSA) is 32.3 Å². The number of nitrogens with one attached hydrogen (secondary N) is 1. The van der Waals surface area contributed by atoms with Crippen molar-refractivity contribution in [3.8, 4) is 0 Å². The van der Waals surface area contributed by atoms with Crippen LogP contribution < -0.4 is 5.32 Å². The molecular weight excluding hydrogens is 371 g/mol. The number of benzene rings is 1. The maximum atomic E-state index is 12.1. The van der Waals surface area contributed by atoms with Gasteiger partial charge in [-0.3, -0.25) is 10.1 Å². The van der Waals surface area contributed by atoms with Crippen LogP contribution in [0.4, 0.5) is 0 Å². The fraction of sp³-hybridized carbons (Fsp3) is 0.429. The van der Waals surface area contributed by atoms with Crippen molar-refractivity contribution < 1.29 is 4.79 Å². The Labute approximate surface area is 132 Å². The minimum atomic E-state index is -0.118.